The zero-order valence-corrected chi connectivity index (χ0v) is 13.0. The number of hydrogen-bond acceptors (Lipinski definition) is 4. The number of ether oxygens (including phenoxy) is 1. The summed E-state index contributed by atoms with van der Waals surface area (Å²) in [4.78, 5) is 14.1. The van der Waals surface area contributed by atoms with Gasteiger partial charge in [0.05, 0.1) is 12.6 Å². The second kappa shape index (κ2) is 7.38. The van der Waals surface area contributed by atoms with E-state index in [9.17, 15) is 4.79 Å². The zero-order chi connectivity index (χ0) is 15.2. The largest absolute Gasteiger partial charge is 0.494 e. The fourth-order valence-electron chi connectivity index (χ4n) is 2.31. The fourth-order valence-corrected chi connectivity index (χ4v) is 2.44. The lowest BCUT2D eigenvalue weighted by atomic mass is 10.2. The zero-order valence-electron chi connectivity index (χ0n) is 12.2. The van der Waals surface area contributed by atoms with Gasteiger partial charge in [-0.15, -0.1) is 0 Å². The number of hydrogen-bond donors (Lipinski definition) is 2. The second-order valence-corrected chi connectivity index (χ2v) is 5.53. The molecule has 6 heteroatoms. The molecule has 0 aromatic heterocycles. The number of carbonyl (C=O) groups is 1. The molecule has 21 heavy (non-hydrogen) atoms. The monoisotopic (exact) mass is 307 g/mol. The second-order valence-electron chi connectivity index (χ2n) is 5.09. The third kappa shape index (κ3) is 4.41. The van der Waals surface area contributed by atoms with Gasteiger partial charge in [-0.1, -0.05) is 12.2 Å². The number of nitrogens with two attached hydrogens (primary N) is 1. The fraction of sp³-hybridized carbons (Fsp3) is 0.467. The molecule has 1 heterocycles. The van der Waals surface area contributed by atoms with Crippen LogP contribution < -0.4 is 15.8 Å². The van der Waals surface area contributed by atoms with Gasteiger partial charge in [-0.3, -0.25) is 9.69 Å². The van der Waals surface area contributed by atoms with Crippen molar-refractivity contribution in [2.45, 2.75) is 19.4 Å². The molecule has 0 spiro atoms. The number of rotatable bonds is 6. The van der Waals surface area contributed by atoms with Crippen molar-refractivity contribution in [2.24, 2.45) is 5.73 Å². The quantitative estimate of drug-likeness (QED) is 0.604. The number of amides is 1. The highest BCUT2D eigenvalue weighted by molar-refractivity contribution is 7.80. The molecule has 3 N–H and O–H groups in total. The molecule has 0 radical (unpaired) electrons. The molecule has 1 aromatic carbocycles. The van der Waals surface area contributed by atoms with Crippen LogP contribution in [-0.2, 0) is 4.79 Å². The van der Waals surface area contributed by atoms with Crippen LogP contribution in [0.2, 0.25) is 0 Å². The van der Waals surface area contributed by atoms with Crippen LogP contribution in [0.15, 0.2) is 24.3 Å². The summed E-state index contributed by atoms with van der Waals surface area (Å²) in [7, 11) is 0. The maximum Gasteiger partial charge on any atom is 0.237 e. The van der Waals surface area contributed by atoms with E-state index in [1.807, 2.05) is 31.2 Å². The summed E-state index contributed by atoms with van der Waals surface area (Å²) in [6.45, 7) is 5.04. The van der Waals surface area contributed by atoms with E-state index in [4.69, 9.17) is 22.7 Å². The number of nitrogens with one attached hydrogen (secondary N) is 1. The smallest absolute Gasteiger partial charge is 0.237 e. The number of nitrogens with zero attached hydrogens (tertiary/aromatic N) is 1. The van der Waals surface area contributed by atoms with Gasteiger partial charge in [-0.2, -0.15) is 0 Å². The molecule has 0 aliphatic carbocycles. The van der Waals surface area contributed by atoms with Crippen LogP contribution in [0.25, 0.3) is 0 Å². The molecule has 1 atom stereocenters. The average molecular weight is 307 g/mol. The first kappa shape index (κ1) is 15.7. The van der Waals surface area contributed by atoms with Crippen LogP contribution in [0.4, 0.5) is 0 Å². The highest BCUT2D eigenvalue weighted by Crippen LogP contribution is 2.13. The first-order valence-corrected chi connectivity index (χ1v) is 7.53. The number of thiocarbonyl (C=S) groups is 1. The van der Waals surface area contributed by atoms with Gasteiger partial charge in [-0.05, 0) is 37.6 Å². The minimum absolute atomic E-state index is 0.0522. The van der Waals surface area contributed by atoms with Crippen molar-refractivity contribution < 1.29 is 9.53 Å². The minimum atomic E-state index is -0.0522. The van der Waals surface area contributed by atoms with E-state index in [2.05, 4.69) is 10.2 Å². The number of carbonyl (C=O) groups excluding carboxylic acids is 1. The summed E-state index contributed by atoms with van der Waals surface area (Å²) < 4.78 is 5.68. The van der Waals surface area contributed by atoms with Crippen LogP contribution in [0.1, 0.15) is 18.9 Å². The molecule has 1 aliphatic rings. The summed E-state index contributed by atoms with van der Waals surface area (Å²) in [5, 5.41) is 2.86. The van der Waals surface area contributed by atoms with E-state index in [-0.39, 0.29) is 11.9 Å². The predicted molar refractivity (Wildman–Crippen MR) is 86.5 cm³/mol. The van der Waals surface area contributed by atoms with Crippen molar-refractivity contribution in [2.75, 3.05) is 26.2 Å². The molecule has 1 fully saturated rings. The first-order valence-electron chi connectivity index (χ1n) is 7.12. The molecular formula is C15H21N3O2S. The Kier molecular flexibility index (Phi) is 5.52. The topological polar surface area (TPSA) is 67.6 Å². The normalized spacial score (nSPS) is 19.1. The average Bonchev–Trinajstić information content (AvgIpc) is 2.48. The Bertz CT molecular complexity index is 504. The van der Waals surface area contributed by atoms with Crippen molar-refractivity contribution in [3.05, 3.63) is 29.8 Å². The van der Waals surface area contributed by atoms with Gasteiger partial charge in [-0.25, -0.2) is 0 Å². The van der Waals surface area contributed by atoms with E-state index >= 15 is 0 Å². The predicted octanol–water partition coefficient (Wildman–Crippen LogP) is 0.910. The highest BCUT2D eigenvalue weighted by atomic mass is 32.1. The lowest BCUT2D eigenvalue weighted by Crippen LogP contribution is -2.54. The lowest BCUT2D eigenvalue weighted by molar-refractivity contribution is -0.128. The Labute approximate surface area is 130 Å². The number of piperazine rings is 1. The van der Waals surface area contributed by atoms with Gasteiger partial charge in [0, 0.05) is 25.2 Å². The summed E-state index contributed by atoms with van der Waals surface area (Å²) in [6, 6.07) is 7.39. The maximum absolute atomic E-state index is 11.5. The van der Waals surface area contributed by atoms with Gasteiger partial charge in [0.2, 0.25) is 5.91 Å². The third-order valence-corrected chi connectivity index (χ3v) is 3.86. The maximum atomic E-state index is 11.5. The van der Waals surface area contributed by atoms with Gasteiger partial charge in [0.25, 0.3) is 0 Å². The highest BCUT2D eigenvalue weighted by Gasteiger charge is 2.24. The van der Waals surface area contributed by atoms with E-state index < -0.39 is 0 Å². The van der Waals surface area contributed by atoms with Crippen molar-refractivity contribution in [1.29, 1.82) is 0 Å². The van der Waals surface area contributed by atoms with Crippen LogP contribution in [-0.4, -0.2) is 48.1 Å². The lowest BCUT2D eigenvalue weighted by Gasteiger charge is -2.32. The van der Waals surface area contributed by atoms with Crippen molar-refractivity contribution in [1.82, 2.24) is 10.2 Å². The van der Waals surface area contributed by atoms with E-state index in [1.54, 1.807) is 0 Å². The SMILES string of the molecule is CC1C(=O)NCCN1CCCOc1ccc(C(N)=S)cc1. The van der Waals surface area contributed by atoms with Crippen LogP contribution in [0.3, 0.4) is 0 Å². The summed E-state index contributed by atoms with van der Waals surface area (Å²) in [6.07, 6.45) is 0.884. The Balaban J connectivity index is 1.72. The van der Waals surface area contributed by atoms with Gasteiger partial charge in [0.1, 0.15) is 10.7 Å². The third-order valence-electron chi connectivity index (χ3n) is 3.62. The molecule has 1 aliphatic heterocycles. The van der Waals surface area contributed by atoms with Gasteiger partial charge in [0.15, 0.2) is 0 Å². The Morgan fingerprint density at radius 1 is 1.48 bits per heavy atom. The van der Waals surface area contributed by atoms with Crippen LogP contribution in [0.5, 0.6) is 5.75 Å². The van der Waals surface area contributed by atoms with Crippen molar-refractivity contribution in [3.63, 3.8) is 0 Å². The van der Waals surface area contributed by atoms with Crippen LogP contribution >= 0.6 is 12.2 Å². The molecule has 1 amide bonds. The number of benzene rings is 1. The molecule has 1 unspecified atom stereocenters. The van der Waals surface area contributed by atoms with Gasteiger partial charge >= 0.3 is 0 Å². The van der Waals surface area contributed by atoms with Gasteiger partial charge < -0.3 is 15.8 Å². The standard InChI is InChI=1S/C15H21N3O2S/c1-11-15(19)17-7-9-18(11)8-2-10-20-13-5-3-12(4-6-13)14(16)21/h3-6,11H,2,7-10H2,1H3,(H2,16,21)(H,17,19). The van der Waals surface area contributed by atoms with E-state index in [1.165, 1.54) is 0 Å². The summed E-state index contributed by atoms with van der Waals surface area (Å²) in [5.41, 5.74) is 6.38. The molecular weight excluding hydrogens is 286 g/mol. The first-order chi connectivity index (χ1) is 10.1. The Morgan fingerprint density at radius 3 is 2.86 bits per heavy atom. The Hall–Kier alpha value is -1.66. The van der Waals surface area contributed by atoms with Crippen molar-refractivity contribution >= 4 is 23.1 Å². The summed E-state index contributed by atoms with van der Waals surface area (Å²) in [5.74, 6) is 0.912. The molecule has 0 bridgehead atoms. The van der Waals surface area contributed by atoms with E-state index in [0.717, 1.165) is 37.4 Å². The van der Waals surface area contributed by atoms with E-state index in [0.29, 0.717) is 11.6 Å². The van der Waals surface area contributed by atoms with Crippen molar-refractivity contribution in [3.8, 4) is 5.75 Å². The molecule has 2 rings (SSSR count). The Morgan fingerprint density at radius 2 is 2.19 bits per heavy atom. The molecule has 5 nitrogen and oxygen atoms in total. The van der Waals surface area contributed by atoms with Crippen LogP contribution in [0, 0.1) is 0 Å². The molecule has 1 saturated heterocycles. The minimum Gasteiger partial charge on any atom is -0.494 e. The molecule has 114 valence electrons. The summed E-state index contributed by atoms with van der Waals surface area (Å²) >= 11 is 4.90. The molecule has 0 saturated carbocycles. The molecule has 1 aromatic rings.